The van der Waals surface area contributed by atoms with Gasteiger partial charge in [-0.3, -0.25) is 4.79 Å². The molecular weight excluding hydrogens is 361 g/mol. The number of benzene rings is 2. The number of morpholine rings is 1. The molecule has 0 aliphatic carbocycles. The number of hydrogen-bond donors (Lipinski definition) is 0. The molecule has 7 heteroatoms. The maximum Gasteiger partial charge on any atom is 0.257 e. The van der Waals surface area contributed by atoms with Crippen LogP contribution in [0.4, 0.5) is 4.39 Å². The summed E-state index contributed by atoms with van der Waals surface area (Å²) in [5, 5.41) is 0.0391. The van der Waals surface area contributed by atoms with Gasteiger partial charge in [-0.05, 0) is 29.8 Å². The minimum Gasteiger partial charge on any atom is -0.486 e. The number of ether oxygens (including phenoxy) is 3. The largest absolute Gasteiger partial charge is 0.486 e. The van der Waals surface area contributed by atoms with Crippen molar-refractivity contribution in [3.8, 4) is 11.5 Å². The first-order chi connectivity index (χ1) is 12.6. The van der Waals surface area contributed by atoms with Crippen LogP contribution in [0, 0.1) is 5.82 Å². The second kappa shape index (κ2) is 7.13. The molecule has 26 heavy (non-hydrogen) atoms. The molecule has 1 amide bonds. The highest BCUT2D eigenvalue weighted by Crippen LogP contribution is 2.35. The van der Waals surface area contributed by atoms with E-state index in [2.05, 4.69) is 0 Å². The van der Waals surface area contributed by atoms with Crippen LogP contribution in [-0.4, -0.2) is 43.7 Å². The molecule has 2 aromatic carbocycles. The zero-order valence-electron chi connectivity index (χ0n) is 13.9. The van der Waals surface area contributed by atoms with Gasteiger partial charge in [0.1, 0.15) is 25.1 Å². The number of fused-ring (bicyclic) bond motifs is 1. The number of rotatable bonds is 2. The molecule has 1 fully saturated rings. The third-order valence-electron chi connectivity index (χ3n) is 4.47. The quantitative estimate of drug-likeness (QED) is 0.804. The monoisotopic (exact) mass is 377 g/mol. The summed E-state index contributed by atoms with van der Waals surface area (Å²) in [4.78, 5) is 14.7. The zero-order valence-corrected chi connectivity index (χ0v) is 14.7. The van der Waals surface area contributed by atoms with Gasteiger partial charge < -0.3 is 19.1 Å². The summed E-state index contributed by atoms with van der Waals surface area (Å²) in [6.45, 7) is 2.09. The lowest BCUT2D eigenvalue weighted by Crippen LogP contribution is -2.42. The predicted octanol–water partition coefficient (Wildman–Crippen LogP) is 3.46. The molecule has 1 unspecified atom stereocenters. The van der Waals surface area contributed by atoms with Crippen LogP contribution >= 0.6 is 11.6 Å². The molecule has 1 atom stereocenters. The molecular formula is C19H17ClFNO4. The van der Waals surface area contributed by atoms with Crippen molar-refractivity contribution in [1.29, 1.82) is 0 Å². The lowest BCUT2D eigenvalue weighted by atomic mass is 10.1. The van der Waals surface area contributed by atoms with Crippen LogP contribution in [0.5, 0.6) is 11.5 Å². The Bertz CT molecular complexity index is 844. The lowest BCUT2D eigenvalue weighted by Gasteiger charge is -2.34. The lowest BCUT2D eigenvalue weighted by molar-refractivity contribution is -0.0230. The van der Waals surface area contributed by atoms with Gasteiger partial charge in [0.2, 0.25) is 0 Å². The molecule has 2 aliphatic rings. The Balaban J connectivity index is 1.56. The summed E-state index contributed by atoms with van der Waals surface area (Å²) < 4.78 is 30.3. The summed E-state index contributed by atoms with van der Waals surface area (Å²) in [7, 11) is 0. The van der Waals surface area contributed by atoms with Gasteiger partial charge in [0.25, 0.3) is 5.91 Å². The Morgan fingerprint density at radius 2 is 2.00 bits per heavy atom. The fourth-order valence-corrected chi connectivity index (χ4v) is 3.35. The molecule has 2 aromatic rings. The number of halogens is 2. The van der Waals surface area contributed by atoms with Crippen LogP contribution in [0.25, 0.3) is 0 Å². The summed E-state index contributed by atoms with van der Waals surface area (Å²) >= 11 is 5.87. The number of amides is 1. The summed E-state index contributed by atoms with van der Waals surface area (Å²) in [5.41, 5.74) is 1.21. The van der Waals surface area contributed by atoms with Crippen molar-refractivity contribution in [2.45, 2.75) is 6.10 Å². The molecule has 2 heterocycles. The van der Waals surface area contributed by atoms with Crippen molar-refractivity contribution in [3.05, 3.63) is 58.4 Å². The zero-order chi connectivity index (χ0) is 18.1. The molecule has 0 saturated carbocycles. The first-order valence-electron chi connectivity index (χ1n) is 8.38. The van der Waals surface area contributed by atoms with E-state index in [1.807, 2.05) is 0 Å². The highest BCUT2D eigenvalue weighted by atomic mass is 35.5. The molecule has 0 radical (unpaired) electrons. The second-order valence-electron chi connectivity index (χ2n) is 6.11. The third-order valence-corrected chi connectivity index (χ3v) is 4.76. The molecule has 4 rings (SSSR count). The Morgan fingerprint density at radius 3 is 2.85 bits per heavy atom. The highest BCUT2D eigenvalue weighted by Gasteiger charge is 2.29. The maximum absolute atomic E-state index is 13.4. The SMILES string of the molecule is O=C(c1cccc2c1OCCO2)N1CCOC(c2ccc(F)c(Cl)c2)C1. The van der Waals surface area contributed by atoms with E-state index in [1.54, 1.807) is 29.2 Å². The first-order valence-corrected chi connectivity index (χ1v) is 8.76. The molecule has 0 N–H and O–H groups in total. The van der Waals surface area contributed by atoms with Crippen molar-refractivity contribution >= 4 is 17.5 Å². The normalized spacial score (nSPS) is 19.3. The van der Waals surface area contributed by atoms with Crippen LogP contribution in [0.15, 0.2) is 36.4 Å². The van der Waals surface area contributed by atoms with Crippen LogP contribution in [0.3, 0.4) is 0 Å². The predicted molar refractivity (Wildman–Crippen MR) is 93.4 cm³/mol. The fourth-order valence-electron chi connectivity index (χ4n) is 3.16. The van der Waals surface area contributed by atoms with Crippen LogP contribution in [0.2, 0.25) is 5.02 Å². The Labute approximate surface area is 155 Å². The molecule has 136 valence electrons. The van der Waals surface area contributed by atoms with E-state index in [-0.39, 0.29) is 17.0 Å². The molecule has 2 aliphatic heterocycles. The fraction of sp³-hybridized carbons (Fsp3) is 0.316. The minimum absolute atomic E-state index is 0.0391. The highest BCUT2D eigenvalue weighted by molar-refractivity contribution is 6.30. The van der Waals surface area contributed by atoms with Crippen molar-refractivity contribution in [2.24, 2.45) is 0 Å². The van der Waals surface area contributed by atoms with Crippen LogP contribution in [-0.2, 0) is 4.74 Å². The summed E-state index contributed by atoms with van der Waals surface area (Å²) in [5.74, 6) is 0.440. The molecule has 1 saturated heterocycles. The van der Waals surface area contributed by atoms with Gasteiger partial charge in [-0.1, -0.05) is 23.7 Å². The van der Waals surface area contributed by atoms with E-state index in [4.69, 9.17) is 25.8 Å². The van der Waals surface area contributed by atoms with Crippen molar-refractivity contribution in [2.75, 3.05) is 32.9 Å². The maximum atomic E-state index is 13.4. The molecule has 0 spiro atoms. The van der Waals surface area contributed by atoms with Gasteiger partial charge >= 0.3 is 0 Å². The van der Waals surface area contributed by atoms with Crippen molar-refractivity contribution < 1.29 is 23.4 Å². The van der Waals surface area contributed by atoms with Gasteiger partial charge in [-0.15, -0.1) is 0 Å². The summed E-state index contributed by atoms with van der Waals surface area (Å²) in [6, 6.07) is 9.76. The number of nitrogens with zero attached hydrogens (tertiary/aromatic N) is 1. The van der Waals surface area contributed by atoms with Crippen LogP contribution in [0.1, 0.15) is 22.0 Å². The number of carbonyl (C=O) groups is 1. The summed E-state index contributed by atoms with van der Waals surface area (Å²) in [6.07, 6.45) is -0.359. The van der Waals surface area contributed by atoms with E-state index in [0.717, 1.165) is 5.56 Å². The van der Waals surface area contributed by atoms with Gasteiger partial charge in [0, 0.05) is 6.54 Å². The smallest absolute Gasteiger partial charge is 0.257 e. The number of carbonyl (C=O) groups excluding carboxylic acids is 1. The Kier molecular flexibility index (Phi) is 4.70. The van der Waals surface area contributed by atoms with Crippen molar-refractivity contribution in [3.63, 3.8) is 0 Å². The van der Waals surface area contributed by atoms with E-state index in [0.29, 0.717) is 50.0 Å². The van der Waals surface area contributed by atoms with E-state index < -0.39 is 5.82 Å². The van der Waals surface area contributed by atoms with E-state index in [9.17, 15) is 9.18 Å². The third kappa shape index (κ3) is 3.22. The second-order valence-corrected chi connectivity index (χ2v) is 6.52. The molecule has 5 nitrogen and oxygen atoms in total. The van der Waals surface area contributed by atoms with Crippen molar-refractivity contribution in [1.82, 2.24) is 4.90 Å². The molecule has 0 aromatic heterocycles. The number of para-hydroxylation sites is 1. The molecule has 0 bridgehead atoms. The van der Waals surface area contributed by atoms with E-state index in [1.165, 1.54) is 12.1 Å². The van der Waals surface area contributed by atoms with Gasteiger partial charge in [-0.25, -0.2) is 4.39 Å². The standard InChI is InChI=1S/C19H17ClFNO4/c20-14-10-12(4-5-15(14)21)17-11-22(6-7-24-17)19(23)13-2-1-3-16-18(13)26-9-8-25-16/h1-5,10,17H,6-9,11H2. The number of hydrogen-bond acceptors (Lipinski definition) is 4. The topological polar surface area (TPSA) is 48.0 Å². The Morgan fingerprint density at radius 1 is 1.15 bits per heavy atom. The Hall–Kier alpha value is -2.31. The van der Waals surface area contributed by atoms with Gasteiger partial charge in [0.15, 0.2) is 11.5 Å². The minimum atomic E-state index is -0.479. The van der Waals surface area contributed by atoms with Gasteiger partial charge in [0.05, 0.1) is 23.7 Å². The van der Waals surface area contributed by atoms with E-state index >= 15 is 0 Å². The van der Waals surface area contributed by atoms with Gasteiger partial charge in [-0.2, -0.15) is 0 Å². The first kappa shape index (κ1) is 17.1. The average Bonchev–Trinajstić information content (AvgIpc) is 2.69. The van der Waals surface area contributed by atoms with Crippen LogP contribution < -0.4 is 9.47 Å². The average molecular weight is 378 g/mol.